The van der Waals surface area contributed by atoms with Gasteiger partial charge in [0.05, 0.1) is 10.6 Å². The summed E-state index contributed by atoms with van der Waals surface area (Å²) in [6.45, 7) is 5.54. The summed E-state index contributed by atoms with van der Waals surface area (Å²) in [4.78, 5) is 4.40. The predicted octanol–water partition coefficient (Wildman–Crippen LogP) is 2.83. The molecule has 19 heavy (non-hydrogen) atoms. The van der Waals surface area contributed by atoms with Gasteiger partial charge in [-0.2, -0.15) is 0 Å². The van der Waals surface area contributed by atoms with Crippen LogP contribution < -0.4 is 4.72 Å². The van der Waals surface area contributed by atoms with Gasteiger partial charge in [-0.05, 0) is 36.8 Å². The smallest absolute Gasteiger partial charge is 0.263 e. The van der Waals surface area contributed by atoms with Gasteiger partial charge in [-0.1, -0.05) is 30.8 Å². The maximum absolute atomic E-state index is 12.1. The highest BCUT2D eigenvalue weighted by Gasteiger charge is 2.14. The Hall–Kier alpha value is -2.14. The minimum atomic E-state index is -3.60. The first-order valence-electron chi connectivity index (χ1n) is 5.71. The van der Waals surface area contributed by atoms with E-state index in [1.165, 1.54) is 12.1 Å². The van der Waals surface area contributed by atoms with Crippen molar-refractivity contribution in [2.45, 2.75) is 11.8 Å². The van der Waals surface area contributed by atoms with E-state index in [1.54, 1.807) is 36.4 Å². The van der Waals surface area contributed by atoms with Crippen LogP contribution >= 0.6 is 0 Å². The Morgan fingerprint density at radius 2 is 1.84 bits per heavy atom. The molecule has 0 fully saturated rings. The maximum atomic E-state index is 12.1. The van der Waals surface area contributed by atoms with Crippen molar-refractivity contribution in [3.05, 3.63) is 60.3 Å². The summed E-state index contributed by atoms with van der Waals surface area (Å²) in [7, 11) is -3.60. The Morgan fingerprint density at radius 1 is 1.16 bits per heavy atom. The lowest BCUT2D eigenvalue weighted by molar-refractivity contribution is 0.601. The fourth-order valence-corrected chi connectivity index (χ4v) is 2.63. The van der Waals surface area contributed by atoms with Crippen molar-refractivity contribution in [2.24, 2.45) is 0 Å². The molecule has 1 aromatic carbocycles. The van der Waals surface area contributed by atoms with E-state index in [1.807, 2.05) is 6.92 Å². The van der Waals surface area contributed by atoms with Crippen LogP contribution in [0.1, 0.15) is 11.3 Å². The summed E-state index contributed by atoms with van der Waals surface area (Å²) in [6.07, 6.45) is 1.59. The van der Waals surface area contributed by atoms with E-state index in [9.17, 15) is 8.42 Å². The zero-order valence-corrected chi connectivity index (χ0v) is 11.3. The number of rotatable bonds is 4. The van der Waals surface area contributed by atoms with Crippen LogP contribution in [0.2, 0.25) is 0 Å². The predicted molar refractivity (Wildman–Crippen MR) is 76.3 cm³/mol. The number of nitrogens with zero attached hydrogens (tertiary/aromatic N) is 1. The average Bonchev–Trinajstić information content (AvgIpc) is 2.42. The number of sulfonamides is 1. The molecule has 1 N–H and O–H groups in total. The molecule has 0 atom stereocenters. The van der Waals surface area contributed by atoms with Crippen LogP contribution in [0.4, 0.5) is 5.82 Å². The van der Waals surface area contributed by atoms with E-state index in [4.69, 9.17) is 0 Å². The van der Waals surface area contributed by atoms with Gasteiger partial charge >= 0.3 is 0 Å². The topological polar surface area (TPSA) is 59.1 Å². The van der Waals surface area contributed by atoms with E-state index in [-0.39, 0.29) is 10.7 Å². The first-order chi connectivity index (χ1) is 9.03. The fourth-order valence-electron chi connectivity index (χ4n) is 1.60. The van der Waals surface area contributed by atoms with E-state index in [2.05, 4.69) is 16.3 Å². The van der Waals surface area contributed by atoms with Gasteiger partial charge in [0.1, 0.15) is 5.82 Å². The highest BCUT2D eigenvalue weighted by molar-refractivity contribution is 7.92. The fraction of sp³-hybridized carbons (Fsp3) is 0.0714. The lowest BCUT2D eigenvalue weighted by Crippen LogP contribution is -2.14. The second-order valence-corrected chi connectivity index (χ2v) is 5.70. The Morgan fingerprint density at radius 3 is 2.47 bits per heavy atom. The second-order valence-electron chi connectivity index (χ2n) is 4.02. The minimum Gasteiger partial charge on any atom is -0.263 e. The Labute approximate surface area is 112 Å². The highest BCUT2D eigenvalue weighted by atomic mass is 32.2. The van der Waals surface area contributed by atoms with Gasteiger partial charge in [0.25, 0.3) is 10.0 Å². The van der Waals surface area contributed by atoms with E-state index in [0.29, 0.717) is 5.69 Å². The number of hydrogen-bond donors (Lipinski definition) is 1. The number of benzene rings is 1. The highest BCUT2D eigenvalue weighted by Crippen LogP contribution is 2.16. The molecule has 0 aliphatic heterocycles. The molecule has 2 rings (SSSR count). The molecule has 1 aromatic heterocycles. The zero-order valence-electron chi connectivity index (χ0n) is 10.5. The molecular formula is C14H14N2O2S. The summed E-state index contributed by atoms with van der Waals surface area (Å²) in [5.74, 6) is 0.282. The molecule has 0 amide bonds. The van der Waals surface area contributed by atoms with Crippen molar-refractivity contribution >= 4 is 21.9 Å². The number of pyridine rings is 1. The minimum absolute atomic E-state index is 0.206. The van der Waals surface area contributed by atoms with Crippen molar-refractivity contribution in [3.63, 3.8) is 0 Å². The van der Waals surface area contributed by atoms with Crippen molar-refractivity contribution < 1.29 is 8.42 Å². The second kappa shape index (κ2) is 5.24. The zero-order chi connectivity index (χ0) is 13.9. The van der Waals surface area contributed by atoms with Gasteiger partial charge in [0.15, 0.2) is 0 Å². The van der Waals surface area contributed by atoms with Crippen LogP contribution in [-0.4, -0.2) is 13.4 Å². The Balaban J connectivity index is 2.33. The van der Waals surface area contributed by atoms with Gasteiger partial charge < -0.3 is 0 Å². The quantitative estimate of drug-likeness (QED) is 0.932. The number of hydrogen-bond acceptors (Lipinski definition) is 3. The monoisotopic (exact) mass is 274 g/mol. The maximum Gasteiger partial charge on any atom is 0.263 e. The first-order valence-corrected chi connectivity index (χ1v) is 7.19. The summed E-state index contributed by atoms with van der Waals surface area (Å²) in [6, 6.07) is 11.6. The van der Waals surface area contributed by atoms with Crippen molar-refractivity contribution in [1.29, 1.82) is 0 Å². The lowest BCUT2D eigenvalue weighted by atomic mass is 10.2. The molecule has 0 saturated carbocycles. The van der Waals surface area contributed by atoms with Crippen molar-refractivity contribution in [1.82, 2.24) is 4.98 Å². The van der Waals surface area contributed by atoms with Gasteiger partial charge in [-0.15, -0.1) is 0 Å². The number of aromatic nitrogens is 1. The largest absolute Gasteiger partial charge is 0.263 e. The van der Waals surface area contributed by atoms with Crippen molar-refractivity contribution in [2.75, 3.05) is 4.72 Å². The summed E-state index contributed by atoms with van der Waals surface area (Å²) >= 11 is 0. The SMILES string of the molecule is C=Cc1nc(NS(=O)(=O)c2ccccc2)ccc1C. The third kappa shape index (κ3) is 3.00. The summed E-state index contributed by atoms with van der Waals surface area (Å²) < 4.78 is 26.7. The van der Waals surface area contributed by atoms with Gasteiger partial charge in [-0.25, -0.2) is 13.4 Å². The number of anilines is 1. The molecule has 1 heterocycles. The molecule has 5 heteroatoms. The summed E-state index contributed by atoms with van der Waals surface area (Å²) in [5, 5.41) is 0. The Kier molecular flexibility index (Phi) is 3.66. The van der Waals surface area contributed by atoms with Crippen LogP contribution in [-0.2, 0) is 10.0 Å². The van der Waals surface area contributed by atoms with Crippen LogP contribution in [0.5, 0.6) is 0 Å². The van der Waals surface area contributed by atoms with Crippen LogP contribution in [0, 0.1) is 6.92 Å². The number of aryl methyl sites for hydroxylation is 1. The molecule has 0 radical (unpaired) electrons. The van der Waals surface area contributed by atoms with E-state index < -0.39 is 10.0 Å². The standard InChI is InChI=1S/C14H14N2O2S/c1-3-13-11(2)9-10-14(15-13)16-19(17,18)12-7-5-4-6-8-12/h3-10H,1H2,2H3,(H,15,16). The lowest BCUT2D eigenvalue weighted by Gasteiger charge is -2.08. The molecule has 0 saturated heterocycles. The third-order valence-electron chi connectivity index (χ3n) is 2.62. The van der Waals surface area contributed by atoms with Crippen LogP contribution in [0.25, 0.3) is 6.08 Å². The molecule has 4 nitrogen and oxygen atoms in total. The molecule has 0 bridgehead atoms. The average molecular weight is 274 g/mol. The van der Waals surface area contributed by atoms with Gasteiger partial charge in [-0.3, -0.25) is 4.72 Å². The van der Waals surface area contributed by atoms with E-state index >= 15 is 0 Å². The van der Waals surface area contributed by atoms with Crippen LogP contribution in [0.3, 0.4) is 0 Å². The molecule has 0 aliphatic carbocycles. The molecular weight excluding hydrogens is 260 g/mol. The molecule has 0 aliphatic rings. The van der Waals surface area contributed by atoms with Crippen LogP contribution in [0.15, 0.2) is 53.9 Å². The molecule has 0 unspecified atom stereocenters. The molecule has 98 valence electrons. The van der Waals surface area contributed by atoms with Crippen molar-refractivity contribution in [3.8, 4) is 0 Å². The molecule has 0 spiro atoms. The van der Waals surface area contributed by atoms with Gasteiger partial charge in [0.2, 0.25) is 0 Å². The first kappa shape index (κ1) is 13.3. The number of nitrogens with one attached hydrogen (secondary N) is 1. The normalized spacial score (nSPS) is 11.0. The van der Waals surface area contributed by atoms with E-state index in [0.717, 1.165) is 5.56 Å². The van der Waals surface area contributed by atoms with Gasteiger partial charge in [0, 0.05) is 0 Å². The summed E-state index contributed by atoms with van der Waals surface area (Å²) in [5.41, 5.74) is 1.60. The molecule has 2 aromatic rings. The third-order valence-corrected chi connectivity index (χ3v) is 3.99. The Bertz CT molecular complexity index is 695.